The average molecular weight is 749 g/mol. The summed E-state index contributed by atoms with van der Waals surface area (Å²) in [5, 5.41) is 33.2. The van der Waals surface area contributed by atoms with E-state index in [1.165, 1.54) is 5.57 Å². The number of fused-ring (bicyclic) bond motifs is 3. The van der Waals surface area contributed by atoms with E-state index in [0.29, 0.717) is 32.1 Å². The molecule has 0 bridgehead atoms. The van der Waals surface area contributed by atoms with E-state index in [9.17, 15) is 20.1 Å². The molecule has 298 valence electrons. The van der Waals surface area contributed by atoms with E-state index in [2.05, 4.69) is 13.0 Å². The van der Waals surface area contributed by atoms with Gasteiger partial charge in [-0.3, -0.25) is 4.79 Å². The number of rotatable bonds is 9. The van der Waals surface area contributed by atoms with Gasteiger partial charge in [0.25, 0.3) is 0 Å². The third kappa shape index (κ3) is 7.70. The Balaban J connectivity index is 0.925. The van der Waals surface area contributed by atoms with Crippen LogP contribution in [0, 0.1) is 24.2 Å². The maximum atomic E-state index is 13.8. The highest BCUT2D eigenvalue weighted by Crippen LogP contribution is 2.58. The van der Waals surface area contributed by atoms with E-state index in [-0.39, 0.29) is 41.5 Å². The third-order valence-corrected chi connectivity index (χ3v) is 13.4. The number of furan rings is 1. The Hall–Kier alpha value is -1.75. The molecule has 1 aromatic heterocycles. The van der Waals surface area contributed by atoms with Gasteiger partial charge < -0.3 is 57.6 Å². The molecular weight excluding hydrogens is 688 g/mol. The number of carbonyl (C=O) groups excluding carboxylic acids is 1. The maximum absolute atomic E-state index is 13.8. The topological polar surface area (TPSA) is 165 Å². The Kier molecular flexibility index (Phi) is 11.9. The first kappa shape index (κ1) is 39.5. The first-order chi connectivity index (χ1) is 25.3. The zero-order chi connectivity index (χ0) is 37.8. The molecule has 3 aliphatic carbocycles. The van der Waals surface area contributed by atoms with Crippen molar-refractivity contribution in [3.05, 3.63) is 35.3 Å². The van der Waals surface area contributed by atoms with Crippen LogP contribution < -0.4 is 0 Å². The number of aryl methyl sites for hydroxylation is 1. The number of hydrogen-bond donors (Lipinski definition) is 3. The lowest BCUT2D eigenvalue weighted by molar-refractivity contribution is -0.338. The van der Waals surface area contributed by atoms with Gasteiger partial charge in [-0.05, 0) is 77.2 Å². The molecule has 53 heavy (non-hydrogen) atoms. The smallest absolute Gasteiger partial charge is 0.161 e. The van der Waals surface area contributed by atoms with E-state index in [1.807, 2.05) is 26.8 Å². The summed E-state index contributed by atoms with van der Waals surface area (Å²) in [5.41, 5.74) is 1.96. The van der Waals surface area contributed by atoms with Gasteiger partial charge in [-0.2, -0.15) is 0 Å². The fraction of sp³-hybridized carbons (Fsp3) is 0.825. The van der Waals surface area contributed by atoms with Gasteiger partial charge in [0.1, 0.15) is 29.9 Å². The van der Waals surface area contributed by atoms with Crippen LogP contribution in [0.25, 0.3) is 0 Å². The van der Waals surface area contributed by atoms with Gasteiger partial charge in [0.15, 0.2) is 18.9 Å². The number of allylic oxidation sites excluding steroid dienone is 1. The van der Waals surface area contributed by atoms with Crippen molar-refractivity contribution in [2.75, 3.05) is 14.2 Å². The van der Waals surface area contributed by atoms with Crippen molar-refractivity contribution in [2.24, 2.45) is 17.3 Å². The van der Waals surface area contributed by atoms with Gasteiger partial charge in [0.05, 0.1) is 55.1 Å². The summed E-state index contributed by atoms with van der Waals surface area (Å²) in [7, 11) is 3.18. The molecule has 0 spiro atoms. The summed E-state index contributed by atoms with van der Waals surface area (Å²) >= 11 is 0. The molecular formula is C40H60O13. The number of aliphatic hydroxyl groups is 3. The van der Waals surface area contributed by atoms with E-state index in [1.54, 1.807) is 27.4 Å². The Bertz CT molecular complexity index is 1430. The average Bonchev–Trinajstić information content (AvgIpc) is 3.54. The molecule has 0 amide bonds. The van der Waals surface area contributed by atoms with Gasteiger partial charge >= 0.3 is 0 Å². The maximum Gasteiger partial charge on any atom is 0.161 e. The van der Waals surface area contributed by atoms with Crippen LogP contribution >= 0.6 is 0 Å². The molecule has 18 unspecified atom stereocenters. The van der Waals surface area contributed by atoms with Gasteiger partial charge in [-0.1, -0.05) is 18.6 Å². The molecule has 1 aromatic rings. The van der Waals surface area contributed by atoms with Crippen molar-refractivity contribution in [3.8, 4) is 0 Å². The first-order valence-corrected chi connectivity index (χ1v) is 19.6. The van der Waals surface area contributed by atoms with E-state index in [0.717, 1.165) is 24.2 Å². The van der Waals surface area contributed by atoms with Crippen LogP contribution in [0.15, 0.2) is 28.4 Å². The van der Waals surface area contributed by atoms with Crippen LogP contribution in [-0.4, -0.2) is 121 Å². The van der Waals surface area contributed by atoms with E-state index < -0.39 is 79.9 Å². The molecule has 13 heteroatoms. The summed E-state index contributed by atoms with van der Waals surface area (Å²) in [6.07, 6.45) is 0.0827. The highest BCUT2D eigenvalue weighted by molar-refractivity contribution is 5.89. The van der Waals surface area contributed by atoms with Crippen molar-refractivity contribution < 1.29 is 62.4 Å². The van der Waals surface area contributed by atoms with Crippen molar-refractivity contribution in [3.63, 3.8) is 0 Å². The Morgan fingerprint density at radius 2 is 1.43 bits per heavy atom. The minimum Gasteiger partial charge on any atom is -0.469 e. The molecule has 13 nitrogen and oxygen atoms in total. The molecule has 18 atom stereocenters. The fourth-order valence-corrected chi connectivity index (χ4v) is 10.3. The quantitative estimate of drug-likeness (QED) is 0.310. The van der Waals surface area contributed by atoms with Gasteiger partial charge in [-0.25, -0.2) is 0 Å². The van der Waals surface area contributed by atoms with Crippen molar-refractivity contribution in [1.29, 1.82) is 0 Å². The molecule has 4 heterocycles. The van der Waals surface area contributed by atoms with Crippen molar-refractivity contribution >= 4 is 5.78 Å². The summed E-state index contributed by atoms with van der Waals surface area (Å²) in [6.45, 7) is 9.64. The lowest BCUT2D eigenvalue weighted by atomic mass is 9.51. The molecule has 3 saturated heterocycles. The minimum absolute atomic E-state index is 0.0711. The lowest BCUT2D eigenvalue weighted by Crippen LogP contribution is -2.57. The van der Waals surface area contributed by atoms with E-state index in [4.69, 9.17) is 42.3 Å². The van der Waals surface area contributed by atoms with Gasteiger partial charge in [-0.15, -0.1) is 0 Å². The van der Waals surface area contributed by atoms with Crippen LogP contribution in [0.2, 0.25) is 0 Å². The normalized spacial score (nSPS) is 47.8. The largest absolute Gasteiger partial charge is 0.469 e. The zero-order valence-corrected chi connectivity index (χ0v) is 32.1. The molecule has 3 aliphatic heterocycles. The predicted octanol–water partition coefficient (Wildman–Crippen LogP) is 4.07. The molecule has 6 aliphatic rings. The van der Waals surface area contributed by atoms with Crippen molar-refractivity contribution in [1.82, 2.24) is 0 Å². The molecule has 0 aromatic carbocycles. The zero-order valence-electron chi connectivity index (χ0n) is 32.1. The molecule has 3 N–H and O–H groups in total. The minimum atomic E-state index is -0.895. The van der Waals surface area contributed by atoms with Gasteiger partial charge in [0, 0.05) is 50.9 Å². The fourth-order valence-electron chi connectivity index (χ4n) is 10.3. The SMILES string of the molecule is COC1CC(OC2C(C)OC(OC3C(O)CC(OC4CC5=CCC6C(=O)C(c7ccoc7C)CCC6C5(C)CC4O)OC3C)CC2OC)OC(C)C1O. The molecule has 0 radical (unpaired) electrons. The van der Waals surface area contributed by atoms with Crippen molar-refractivity contribution in [2.45, 2.75) is 178 Å². The molecule has 2 saturated carbocycles. The number of ketones is 1. The molecule has 5 fully saturated rings. The number of carbonyl (C=O) groups is 1. The monoisotopic (exact) mass is 748 g/mol. The highest BCUT2D eigenvalue weighted by Gasteiger charge is 2.55. The number of Topliss-reactive ketones (excluding diaryl/α,β-unsaturated/α-hetero) is 1. The Morgan fingerprint density at radius 3 is 2.09 bits per heavy atom. The van der Waals surface area contributed by atoms with Gasteiger partial charge in [0.2, 0.25) is 0 Å². The first-order valence-electron chi connectivity index (χ1n) is 19.6. The molecule has 7 rings (SSSR count). The summed E-state index contributed by atoms with van der Waals surface area (Å²) < 4.78 is 54.3. The second kappa shape index (κ2) is 16.0. The van der Waals surface area contributed by atoms with Crippen LogP contribution in [0.1, 0.15) is 96.3 Å². The summed E-state index contributed by atoms with van der Waals surface area (Å²) in [4.78, 5) is 13.8. The third-order valence-electron chi connectivity index (χ3n) is 13.4. The number of hydrogen-bond acceptors (Lipinski definition) is 13. The standard InChI is InChI=1S/C40H60O13/c1-19-24(12-13-47-19)25-10-11-27-26(37(25)44)9-8-23-14-30(29(42)18-40(23,27)5)51-33-15-28(41)38(21(3)49-33)52-35-17-32(46-7)39(22(4)50-35)53-34-16-31(45-6)36(43)20(2)48-34/h8,12-13,20-22,25-36,38-39,41-43H,9-11,14-18H2,1-7H3. The summed E-state index contributed by atoms with van der Waals surface area (Å²) in [5.74, 6) is 1.07. The Labute approximate surface area is 312 Å². The van der Waals surface area contributed by atoms with Crippen LogP contribution in [0.5, 0.6) is 0 Å². The van der Waals surface area contributed by atoms with Crippen LogP contribution in [-0.2, 0) is 42.7 Å². The number of ether oxygens (including phenoxy) is 8. The lowest BCUT2D eigenvalue weighted by Gasteiger charge is -2.54. The number of aliphatic hydroxyl groups excluding tert-OH is 3. The van der Waals surface area contributed by atoms with Crippen LogP contribution in [0.3, 0.4) is 0 Å². The van der Waals surface area contributed by atoms with Crippen LogP contribution in [0.4, 0.5) is 0 Å². The highest BCUT2D eigenvalue weighted by atomic mass is 16.7. The van der Waals surface area contributed by atoms with E-state index >= 15 is 0 Å². The Morgan fingerprint density at radius 1 is 0.792 bits per heavy atom. The predicted molar refractivity (Wildman–Crippen MR) is 189 cm³/mol. The summed E-state index contributed by atoms with van der Waals surface area (Å²) in [6, 6.07) is 1.93. The number of methoxy groups -OCH3 is 2. The second-order valence-electron chi connectivity index (χ2n) is 16.5. The second-order valence-corrected chi connectivity index (χ2v) is 16.5.